The molecule has 0 aliphatic heterocycles. The molecule has 3 unspecified atom stereocenters. The molecule has 0 radical (unpaired) electrons. The van der Waals surface area contributed by atoms with Crippen LogP contribution in [0.2, 0.25) is 0 Å². The van der Waals surface area contributed by atoms with E-state index in [9.17, 15) is 9.59 Å². The lowest BCUT2D eigenvalue weighted by atomic mass is 10.0. The third-order valence-electron chi connectivity index (χ3n) is 4.05. The van der Waals surface area contributed by atoms with Crippen LogP contribution in [0.4, 0.5) is 4.79 Å². The molecule has 0 spiro atoms. The minimum atomic E-state index is -0.463. The summed E-state index contributed by atoms with van der Waals surface area (Å²) in [5.74, 6) is 0.194. The van der Waals surface area contributed by atoms with Crippen LogP contribution in [-0.4, -0.2) is 49.1 Å². The molecule has 0 aromatic carbocycles. The fourth-order valence-corrected chi connectivity index (χ4v) is 2.95. The molecular weight excluding hydrogens is 244 g/mol. The van der Waals surface area contributed by atoms with Crippen molar-refractivity contribution in [3.8, 4) is 0 Å². The van der Waals surface area contributed by atoms with Gasteiger partial charge in [-0.15, -0.1) is 0 Å². The van der Waals surface area contributed by atoms with E-state index < -0.39 is 6.03 Å². The molecule has 0 aromatic rings. The molecule has 110 valence electrons. The standard InChI is InChI=1S/C13H26N4O2/c1-4-17(11-7-5-6-10(11)8-14)9(2)12(18)16-13(19)15-3/h9-11H,4-8,14H2,1-3H3,(H2,15,16,18,19). The lowest BCUT2D eigenvalue weighted by molar-refractivity contribution is -0.125. The Morgan fingerprint density at radius 3 is 2.63 bits per heavy atom. The Morgan fingerprint density at radius 2 is 2.11 bits per heavy atom. The van der Waals surface area contributed by atoms with Crippen LogP contribution in [0.1, 0.15) is 33.1 Å². The van der Waals surface area contributed by atoms with Crippen molar-refractivity contribution in [2.24, 2.45) is 11.7 Å². The Labute approximate surface area is 115 Å². The largest absolute Gasteiger partial charge is 0.341 e. The molecule has 1 aliphatic carbocycles. The highest BCUT2D eigenvalue weighted by Gasteiger charge is 2.35. The van der Waals surface area contributed by atoms with Crippen molar-refractivity contribution in [3.05, 3.63) is 0 Å². The van der Waals surface area contributed by atoms with Crippen LogP contribution in [0, 0.1) is 5.92 Å². The lowest BCUT2D eigenvalue weighted by Gasteiger charge is -2.35. The molecule has 6 nitrogen and oxygen atoms in total. The number of imide groups is 1. The van der Waals surface area contributed by atoms with Gasteiger partial charge in [-0.1, -0.05) is 13.3 Å². The maximum Gasteiger partial charge on any atom is 0.321 e. The predicted molar refractivity (Wildman–Crippen MR) is 74.6 cm³/mol. The maximum absolute atomic E-state index is 12.0. The highest BCUT2D eigenvalue weighted by Crippen LogP contribution is 2.30. The first-order valence-corrected chi connectivity index (χ1v) is 7.03. The fraction of sp³-hybridized carbons (Fsp3) is 0.846. The van der Waals surface area contributed by atoms with Crippen molar-refractivity contribution < 1.29 is 9.59 Å². The molecule has 19 heavy (non-hydrogen) atoms. The summed E-state index contributed by atoms with van der Waals surface area (Å²) in [5, 5.41) is 4.73. The zero-order valence-electron chi connectivity index (χ0n) is 12.1. The third kappa shape index (κ3) is 3.91. The quantitative estimate of drug-likeness (QED) is 0.669. The van der Waals surface area contributed by atoms with Crippen molar-refractivity contribution in [3.63, 3.8) is 0 Å². The molecule has 1 saturated carbocycles. The normalized spacial score (nSPS) is 24.3. The van der Waals surface area contributed by atoms with Crippen LogP contribution in [0.5, 0.6) is 0 Å². The smallest absolute Gasteiger partial charge is 0.321 e. The zero-order valence-corrected chi connectivity index (χ0v) is 12.1. The van der Waals surface area contributed by atoms with Crippen LogP contribution in [-0.2, 0) is 4.79 Å². The second-order valence-electron chi connectivity index (χ2n) is 5.07. The van der Waals surface area contributed by atoms with Crippen molar-refractivity contribution in [1.29, 1.82) is 0 Å². The molecular formula is C13H26N4O2. The SMILES string of the molecule is CCN(C(C)C(=O)NC(=O)NC)C1CCCC1CN. The second kappa shape index (κ2) is 7.45. The predicted octanol–water partition coefficient (Wildman–Crippen LogP) is 0.280. The number of carbonyl (C=O) groups excluding carboxylic acids is 2. The minimum Gasteiger partial charge on any atom is -0.341 e. The van der Waals surface area contributed by atoms with Crippen molar-refractivity contribution in [2.75, 3.05) is 20.1 Å². The van der Waals surface area contributed by atoms with E-state index in [2.05, 4.69) is 15.5 Å². The number of hydrogen-bond acceptors (Lipinski definition) is 4. The van der Waals surface area contributed by atoms with Crippen LogP contribution >= 0.6 is 0 Å². The number of likely N-dealkylation sites (N-methyl/N-ethyl adjacent to an activating group) is 1. The molecule has 1 fully saturated rings. The summed E-state index contributed by atoms with van der Waals surface area (Å²) < 4.78 is 0. The number of urea groups is 1. The average molecular weight is 270 g/mol. The average Bonchev–Trinajstić information content (AvgIpc) is 2.87. The molecule has 0 bridgehead atoms. The summed E-state index contributed by atoms with van der Waals surface area (Å²) in [4.78, 5) is 25.4. The van der Waals surface area contributed by atoms with Crippen molar-refractivity contribution >= 4 is 11.9 Å². The van der Waals surface area contributed by atoms with E-state index in [4.69, 9.17) is 5.73 Å². The van der Waals surface area contributed by atoms with Gasteiger partial charge >= 0.3 is 6.03 Å². The summed E-state index contributed by atoms with van der Waals surface area (Å²) in [6.07, 6.45) is 3.36. The first kappa shape index (κ1) is 15.9. The Balaban J connectivity index is 2.67. The molecule has 3 amide bonds. The van der Waals surface area contributed by atoms with E-state index in [0.29, 0.717) is 18.5 Å². The van der Waals surface area contributed by atoms with Crippen LogP contribution in [0.15, 0.2) is 0 Å². The van der Waals surface area contributed by atoms with E-state index in [0.717, 1.165) is 25.8 Å². The van der Waals surface area contributed by atoms with Gasteiger partial charge in [0.2, 0.25) is 5.91 Å². The molecule has 6 heteroatoms. The van der Waals surface area contributed by atoms with Gasteiger partial charge in [0.15, 0.2) is 0 Å². The fourth-order valence-electron chi connectivity index (χ4n) is 2.95. The summed E-state index contributed by atoms with van der Waals surface area (Å²) in [7, 11) is 1.49. The summed E-state index contributed by atoms with van der Waals surface area (Å²) in [6, 6.07) is -0.436. The lowest BCUT2D eigenvalue weighted by Crippen LogP contribution is -2.53. The van der Waals surface area contributed by atoms with Gasteiger partial charge in [-0.05, 0) is 38.8 Å². The highest BCUT2D eigenvalue weighted by atomic mass is 16.2. The molecule has 0 saturated heterocycles. The Kier molecular flexibility index (Phi) is 6.24. The number of nitrogens with one attached hydrogen (secondary N) is 2. The Morgan fingerprint density at radius 1 is 1.42 bits per heavy atom. The van der Waals surface area contributed by atoms with Gasteiger partial charge < -0.3 is 11.1 Å². The number of nitrogens with two attached hydrogens (primary N) is 1. The van der Waals surface area contributed by atoms with Gasteiger partial charge in [0.1, 0.15) is 0 Å². The number of amides is 3. The number of carbonyl (C=O) groups is 2. The van der Waals surface area contributed by atoms with E-state index in [1.165, 1.54) is 7.05 Å². The van der Waals surface area contributed by atoms with Crippen LogP contribution in [0.3, 0.4) is 0 Å². The van der Waals surface area contributed by atoms with E-state index in [-0.39, 0.29) is 11.9 Å². The van der Waals surface area contributed by atoms with Gasteiger partial charge in [0.25, 0.3) is 0 Å². The molecule has 0 aromatic heterocycles. The van der Waals surface area contributed by atoms with E-state index in [1.807, 2.05) is 13.8 Å². The van der Waals surface area contributed by atoms with Crippen LogP contribution in [0.25, 0.3) is 0 Å². The number of hydrogen-bond donors (Lipinski definition) is 3. The van der Waals surface area contributed by atoms with Crippen molar-refractivity contribution in [1.82, 2.24) is 15.5 Å². The van der Waals surface area contributed by atoms with Gasteiger partial charge in [-0.3, -0.25) is 15.0 Å². The monoisotopic (exact) mass is 270 g/mol. The number of rotatable bonds is 5. The molecule has 3 atom stereocenters. The molecule has 1 aliphatic rings. The van der Waals surface area contributed by atoms with Crippen molar-refractivity contribution in [2.45, 2.75) is 45.2 Å². The summed E-state index contributed by atoms with van der Waals surface area (Å²) in [6.45, 7) is 5.32. The molecule has 0 heterocycles. The van der Waals surface area contributed by atoms with Gasteiger partial charge in [-0.25, -0.2) is 4.79 Å². The van der Waals surface area contributed by atoms with Crippen LogP contribution < -0.4 is 16.4 Å². The molecule has 1 rings (SSSR count). The minimum absolute atomic E-state index is 0.260. The highest BCUT2D eigenvalue weighted by molar-refractivity contribution is 5.96. The first-order valence-electron chi connectivity index (χ1n) is 7.03. The van der Waals surface area contributed by atoms with Gasteiger partial charge in [0, 0.05) is 13.1 Å². The van der Waals surface area contributed by atoms with Gasteiger partial charge in [0.05, 0.1) is 6.04 Å². The summed E-state index contributed by atoms with van der Waals surface area (Å²) >= 11 is 0. The topological polar surface area (TPSA) is 87.5 Å². The molecule has 4 N–H and O–H groups in total. The number of nitrogens with zero attached hydrogens (tertiary/aromatic N) is 1. The van der Waals surface area contributed by atoms with Gasteiger partial charge in [-0.2, -0.15) is 0 Å². The maximum atomic E-state index is 12.0. The van der Waals surface area contributed by atoms with E-state index >= 15 is 0 Å². The second-order valence-corrected chi connectivity index (χ2v) is 5.07. The third-order valence-corrected chi connectivity index (χ3v) is 4.05. The Hall–Kier alpha value is -1.14. The van der Waals surface area contributed by atoms with E-state index in [1.54, 1.807) is 0 Å². The Bertz CT molecular complexity index is 322. The zero-order chi connectivity index (χ0) is 14.4. The first-order chi connectivity index (χ1) is 9.04. The summed E-state index contributed by atoms with van der Waals surface area (Å²) in [5.41, 5.74) is 5.80.